The fraction of sp³-hybridized carbons (Fsp3) is 0.500. The average molecular weight is 512 g/mol. The van der Waals surface area contributed by atoms with E-state index in [4.69, 9.17) is 10.5 Å². The molecule has 0 bridgehead atoms. The molecule has 1 fully saturated rings. The summed E-state index contributed by atoms with van der Waals surface area (Å²) in [6.45, 7) is 3.77. The van der Waals surface area contributed by atoms with Gasteiger partial charge in [-0.05, 0) is 56.6 Å². The highest BCUT2D eigenvalue weighted by Crippen LogP contribution is 2.33. The van der Waals surface area contributed by atoms with Crippen LogP contribution >= 0.6 is 0 Å². The zero-order chi connectivity index (χ0) is 26.4. The third-order valence-corrected chi connectivity index (χ3v) is 6.68. The highest BCUT2D eigenvalue weighted by molar-refractivity contribution is 5.89. The monoisotopic (exact) mass is 511 g/mol. The summed E-state index contributed by atoms with van der Waals surface area (Å²) in [4.78, 5) is 22.4. The Kier molecular flexibility index (Phi) is 8.93. The number of aliphatic hydroxyl groups excluding tert-OH is 2. The predicted molar refractivity (Wildman–Crippen MR) is 142 cm³/mol. The van der Waals surface area contributed by atoms with E-state index in [1.54, 1.807) is 16.8 Å². The number of anilines is 2. The maximum atomic E-state index is 12.2. The first kappa shape index (κ1) is 26.8. The van der Waals surface area contributed by atoms with Crippen molar-refractivity contribution in [3.05, 3.63) is 48.4 Å². The van der Waals surface area contributed by atoms with Gasteiger partial charge in [-0.2, -0.15) is 0 Å². The van der Waals surface area contributed by atoms with E-state index in [-0.39, 0.29) is 6.03 Å². The van der Waals surface area contributed by atoms with Gasteiger partial charge in [0.15, 0.2) is 6.23 Å². The molecule has 1 unspecified atom stereocenters. The van der Waals surface area contributed by atoms with Crippen molar-refractivity contribution in [1.29, 1.82) is 0 Å². The first-order valence-electron chi connectivity index (χ1n) is 12.8. The molecule has 2 amide bonds. The fourth-order valence-corrected chi connectivity index (χ4v) is 4.57. The largest absolute Gasteiger partial charge is 0.387 e. The fourth-order valence-electron chi connectivity index (χ4n) is 4.57. The van der Waals surface area contributed by atoms with E-state index in [0.29, 0.717) is 42.9 Å². The van der Waals surface area contributed by atoms with Gasteiger partial charge >= 0.3 is 6.03 Å². The van der Waals surface area contributed by atoms with E-state index in [1.165, 1.54) is 11.9 Å². The number of aromatic nitrogens is 3. The molecule has 11 nitrogen and oxygen atoms in total. The molecule has 1 saturated heterocycles. The highest BCUT2D eigenvalue weighted by atomic mass is 16.6. The summed E-state index contributed by atoms with van der Waals surface area (Å²) in [6, 6.07) is 9.45. The van der Waals surface area contributed by atoms with E-state index in [2.05, 4.69) is 27.5 Å². The molecule has 37 heavy (non-hydrogen) atoms. The number of hydrogen-bond acceptors (Lipinski definition) is 8. The van der Waals surface area contributed by atoms with E-state index < -0.39 is 24.5 Å². The van der Waals surface area contributed by atoms with Gasteiger partial charge in [-0.15, -0.1) is 0 Å². The molecule has 3 heterocycles. The number of benzene rings is 1. The first-order chi connectivity index (χ1) is 17.9. The Morgan fingerprint density at radius 1 is 1.16 bits per heavy atom. The lowest BCUT2D eigenvalue weighted by atomic mass is 10.1. The van der Waals surface area contributed by atoms with Gasteiger partial charge < -0.3 is 40.8 Å². The Morgan fingerprint density at radius 3 is 2.70 bits per heavy atom. The molecule has 0 radical (unpaired) electrons. The van der Waals surface area contributed by atoms with Crippen molar-refractivity contribution in [3.63, 3.8) is 0 Å². The normalized spacial score (nSPS) is 21.5. The first-order valence-corrected chi connectivity index (χ1v) is 12.8. The van der Waals surface area contributed by atoms with Gasteiger partial charge in [0.25, 0.3) is 0 Å². The van der Waals surface area contributed by atoms with Gasteiger partial charge in [0.2, 0.25) is 0 Å². The number of amides is 2. The van der Waals surface area contributed by atoms with Crippen LogP contribution in [0.5, 0.6) is 0 Å². The zero-order valence-electron chi connectivity index (χ0n) is 21.4. The lowest BCUT2D eigenvalue weighted by Gasteiger charge is -2.22. The summed E-state index contributed by atoms with van der Waals surface area (Å²) >= 11 is 0. The number of unbranched alkanes of at least 4 members (excludes halogenated alkanes) is 1. The van der Waals surface area contributed by atoms with Crippen molar-refractivity contribution in [2.45, 2.75) is 57.1 Å². The molecular formula is C26H37N7O4. The van der Waals surface area contributed by atoms with Gasteiger partial charge in [0.1, 0.15) is 36.1 Å². The number of carbonyl (C=O) groups is 1. The van der Waals surface area contributed by atoms with Gasteiger partial charge in [-0.1, -0.05) is 25.5 Å². The molecule has 6 N–H and O–H groups in total. The number of ether oxygens (including phenoxy) is 1. The second kappa shape index (κ2) is 12.3. The third-order valence-electron chi connectivity index (χ3n) is 6.68. The minimum Gasteiger partial charge on any atom is -0.387 e. The molecule has 2 aromatic heterocycles. The minimum atomic E-state index is -1.11. The molecule has 4 atom stereocenters. The number of carbonyl (C=O) groups excluding carboxylic acids is 1. The second-order valence-corrected chi connectivity index (χ2v) is 9.56. The Bertz CT molecular complexity index is 1170. The number of nitrogens with zero attached hydrogens (tertiary/aromatic N) is 4. The summed E-state index contributed by atoms with van der Waals surface area (Å²) in [6.07, 6.45) is 3.62. The van der Waals surface area contributed by atoms with Crippen LogP contribution in [0.2, 0.25) is 0 Å². The number of aliphatic hydroxyl groups is 2. The molecule has 4 rings (SSSR count). The van der Waals surface area contributed by atoms with Crippen LogP contribution in [0, 0.1) is 0 Å². The predicted octanol–water partition coefficient (Wildman–Crippen LogP) is 2.12. The Morgan fingerprint density at radius 2 is 1.95 bits per heavy atom. The molecule has 1 aromatic carbocycles. The number of fused-ring (bicyclic) bond motifs is 1. The quantitative estimate of drug-likeness (QED) is 0.246. The zero-order valence-corrected chi connectivity index (χ0v) is 21.4. The van der Waals surface area contributed by atoms with E-state index in [0.717, 1.165) is 24.9 Å². The second-order valence-electron chi connectivity index (χ2n) is 9.56. The number of aryl methyl sites for hydroxylation is 1. The standard InChI is InChI=1S/C26H37N7O4/c1-3-4-6-17-7-9-18(10-8-17)31-26(36)28-12-5-13-32(2)15-20-21(34)22(35)25(37-20)33-14-11-19-23(27)29-16-30-24(19)33/h7-11,14,16,20-22,25,34-35H,3-6,12-13,15H2,1-2H3,(H2,27,29,30)(H2,28,31,36)/t20?,21-,22-,25-/m1/s1. The maximum absolute atomic E-state index is 12.2. The van der Waals surface area contributed by atoms with Gasteiger partial charge in [-0.3, -0.25) is 0 Å². The molecule has 200 valence electrons. The molecule has 1 aliphatic heterocycles. The van der Waals surface area contributed by atoms with Crippen LogP contribution in [0.3, 0.4) is 0 Å². The smallest absolute Gasteiger partial charge is 0.319 e. The van der Waals surface area contributed by atoms with Crippen molar-refractivity contribution in [2.75, 3.05) is 37.7 Å². The number of hydrogen-bond donors (Lipinski definition) is 5. The summed E-state index contributed by atoms with van der Waals surface area (Å²) in [7, 11) is 1.91. The van der Waals surface area contributed by atoms with E-state index >= 15 is 0 Å². The van der Waals surface area contributed by atoms with Crippen LogP contribution in [0.15, 0.2) is 42.9 Å². The summed E-state index contributed by atoms with van der Waals surface area (Å²) in [5.41, 5.74) is 8.47. The molecular weight excluding hydrogens is 474 g/mol. The average Bonchev–Trinajstić information content (AvgIpc) is 3.43. The summed E-state index contributed by atoms with van der Waals surface area (Å²) in [5.74, 6) is 0.343. The topological polar surface area (TPSA) is 151 Å². The van der Waals surface area contributed by atoms with Crippen LogP contribution in [-0.4, -0.2) is 80.7 Å². The SMILES string of the molecule is CCCCc1ccc(NC(=O)NCCCN(C)CC2O[C@@H](n3ccc4c(N)ncnc43)[C@H](O)[C@@H]2O)cc1. The molecule has 0 spiro atoms. The number of rotatable bonds is 11. The number of nitrogen functional groups attached to an aromatic ring is 1. The molecule has 1 aliphatic rings. The van der Waals surface area contributed by atoms with Crippen LogP contribution in [0.1, 0.15) is 38.0 Å². The van der Waals surface area contributed by atoms with Crippen LogP contribution in [0.25, 0.3) is 11.0 Å². The summed E-state index contributed by atoms with van der Waals surface area (Å²) in [5, 5.41) is 27.6. The van der Waals surface area contributed by atoms with Crippen LogP contribution < -0.4 is 16.4 Å². The van der Waals surface area contributed by atoms with Crippen LogP contribution in [-0.2, 0) is 11.2 Å². The van der Waals surface area contributed by atoms with Crippen LogP contribution in [0.4, 0.5) is 16.3 Å². The lowest BCUT2D eigenvalue weighted by Crippen LogP contribution is -2.39. The molecule has 11 heteroatoms. The van der Waals surface area contributed by atoms with E-state index in [9.17, 15) is 15.0 Å². The van der Waals surface area contributed by atoms with Gasteiger partial charge in [-0.25, -0.2) is 14.8 Å². The van der Waals surface area contributed by atoms with E-state index in [1.807, 2.05) is 36.2 Å². The minimum absolute atomic E-state index is 0.243. The number of nitrogens with two attached hydrogens (primary N) is 1. The van der Waals surface area contributed by atoms with Crippen molar-refractivity contribution < 1.29 is 19.7 Å². The molecule has 0 saturated carbocycles. The Labute approximate surface area is 216 Å². The lowest BCUT2D eigenvalue weighted by molar-refractivity contribution is -0.0419. The maximum Gasteiger partial charge on any atom is 0.319 e. The number of nitrogens with one attached hydrogen (secondary N) is 2. The van der Waals surface area contributed by atoms with Gasteiger partial charge in [0.05, 0.1) is 5.39 Å². The third kappa shape index (κ3) is 6.55. The Hall–Kier alpha value is -3.25. The van der Waals surface area contributed by atoms with Gasteiger partial charge in [0, 0.05) is 25.0 Å². The van der Waals surface area contributed by atoms with Crippen molar-refractivity contribution >= 4 is 28.6 Å². The molecule has 0 aliphatic carbocycles. The van der Waals surface area contributed by atoms with Crippen molar-refractivity contribution in [2.24, 2.45) is 0 Å². The highest BCUT2D eigenvalue weighted by Gasteiger charge is 2.44. The number of urea groups is 1. The Balaban J connectivity index is 1.19. The van der Waals surface area contributed by atoms with Crippen molar-refractivity contribution in [1.82, 2.24) is 24.8 Å². The van der Waals surface area contributed by atoms with Crippen molar-refractivity contribution in [3.8, 4) is 0 Å². The summed E-state index contributed by atoms with van der Waals surface area (Å²) < 4.78 is 7.70. The number of likely N-dealkylation sites (N-methyl/N-ethyl adjacent to an activating group) is 1. The molecule has 3 aromatic rings.